The van der Waals surface area contributed by atoms with Crippen LogP contribution in [0.25, 0.3) is 0 Å². The summed E-state index contributed by atoms with van der Waals surface area (Å²) in [6.45, 7) is 13.2. The van der Waals surface area contributed by atoms with E-state index in [1.54, 1.807) is 20.8 Å². The zero-order valence-corrected chi connectivity index (χ0v) is 19.0. The summed E-state index contributed by atoms with van der Waals surface area (Å²) in [6, 6.07) is -0.869. The number of carbonyl (C=O) groups is 2. The molecule has 5 atom stereocenters. The van der Waals surface area contributed by atoms with Gasteiger partial charge in [0, 0.05) is 0 Å². The number of alkyl carbamates (subject to hydrolysis) is 1. The molecule has 6 nitrogen and oxygen atoms in total. The molecular weight excluding hydrogens is 378 g/mol. The fourth-order valence-electron chi connectivity index (χ4n) is 6.16. The van der Waals surface area contributed by atoms with Crippen molar-refractivity contribution in [3.8, 4) is 0 Å². The minimum atomic E-state index is -3.55. The molecule has 0 aromatic carbocycles. The van der Waals surface area contributed by atoms with Crippen LogP contribution in [0.15, 0.2) is 0 Å². The van der Waals surface area contributed by atoms with Gasteiger partial charge < -0.3 is 10.1 Å². The SMILES string of the molecule is CC(C)[C@H](NC(=O)OC(C)(C)C)C(=O)[C@H]1[C@@H]2C[C@H]3CC[C@]2(CS1(=O)=O)C3(C)C. The van der Waals surface area contributed by atoms with Gasteiger partial charge in [0.1, 0.15) is 10.9 Å². The van der Waals surface area contributed by atoms with Crippen LogP contribution in [0.4, 0.5) is 4.79 Å². The molecule has 1 heterocycles. The first-order chi connectivity index (χ1) is 12.6. The number of hydrogen-bond acceptors (Lipinski definition) is 5. The van der Waals surface area contributed by atoms with Gasteiger partial charge in [-0.05, 0) is 68.6 Å². The third-order valence-corrected chi connectivity index (χ3v) is 9.88. The topological polar surface area (TPSA) is 89.5 Å². The fourth-order valence-corrected chi connectivity index (χ4v) is 9.16. The number of fused-ring (bicyclic) bond motifs is 1. The van der Waals surface area contributed by atoms with E-state index in [-0.39, 0.29) is 34.2 Å². The van der Waals surface area contributed by atoms with Crippen molar-refractivity contribution in [3.63, 3.8) is 0 Å². The predicted molar refractivity (Wildman–Crippen MR) is 108 cm³/mol. The number of rotatable bonds is 4. The van der Waals surface area contributed by atoms with E-state index in [9.17, 15) is 18.0 Å². The fraction of sp³-hybridized carbons (Fsp3) is 0.905. The second kappa shape index (κ2) is 6.44. The van der Waals surface area contributed by atoms with Gasteiger partial charge in [-0.15, -0.1) is 0 Å². The van der Waals surface area contributed by atoms with Crippen molar-refractivity contribution in [2.24, 2.45) is 28.6 Å². The second-order valence-electron chi connectivity index (χ2n) is 11.0. The first kappa shape index (κ1) is 21.6. The maximum atomic E-state index is 13.5. The molecule has 1 saturated heterocycles. The van der Waals surface area contributed by atoms with Crippen LogP contribution >= 0.6 is 0 Å². The van der Waals surface area contributed by atoms with Gasteiger partial charge in [0.15, 0.2) is 15.6 Å². The number of amides is 1. The van der Waals surface area contributed by atoms with Crippen LogP contribution in [0, 0.1) is 28.6 Å². The van der Waals surface area contributed by atoms with E-state index in [1.165, 1.54) is 0 Å². The Bertz CT molecular complexity index is 779. The third kappa shape index (κ3) is 3.17. The summed E-state index contributed by atoms with van der Waals surface area (Å²) >= 11 is 0. The molecule has 1 N–H and O–H groups in total. The summed E-state index contributed by atoms with van der Waals surface area (Å²) in [6.07, 6.45) is 2.03. The lowest BCUT2D eigenvalue weighted by atomic mass is 9.65. The van der Waals surface area contributed by atoms with Crippen LogP contribution in [-0.2, 0) is 19.4 Å². The number of ketones is 1. The van der Waals surface area contributed by atoms with Gasteiger partial charge in [0.25, 0.3) is 0 Å². The van der Waals surface area contributed by atoms with E-state index in [2.05, 4.69) is 19.2 Å². The molecule has 0 aromatic heterocycles. The highest BCUT2D eigenvalue weighted by Gasteiger charge is 2.73. The van der Waals surface area contributed by atoms with E-state index in [0.29, 0.717) is 5.92 Å². The van der Waals surface area contributed by atoms with Gasteiger partial charge in [0.2, 0.25) is 0 Å². The minimum Gasteiger partial charge on any atom is -0.444 e. The molecule has 2 saturated carbocycles. The lowest BCUT2D eigenvalue weighted by Gasteiger charge is -2.37. The Labute approximate surface area is 169 Å². The highest BCUT2D eigenvalue weighted by Crippen LogP contribution is 2.72. The van der Waals surface area contributed by atoms with E-state index < -0.39 is 32.8 Å². The largest absolute Gasteiger partial charge is 0.444 e. The molecule has 3 rings (SSSR count). The molecule has 1 spiro atoms. The molecule has 1 aliphatic heterocycles. The quantitative estimate of drug-likeness (QED) is 0.763. The van der Waals surface area contributed by atoms with Crippen LogP contribution in [0.1, 0.15) is 67.7 Å². The molecule has 28 heavy (non-hydrogen) atoms. The summed E-state index contributed by atoms with van der Waals surface area (Å²) in [7, 11) is -3.55. The molecule has 7 heteroatoms. The van der Waals surface area contributed by atoms with Crippen molar-refractivity contribution in [2.45, 2.75) is 84.6 Å². The van der Waals surface area contributed by atoms with E-state index in [4.69, 9.17) is 4.74 Å². The Balaban J connectivity index is 1.89. The molecule has 3 fully saturated rings. The van der Waals surface area contributed by atoms with E-state index in [0.717, 1.165) is 19.3 Å². The lowest BCUT2D eigenvalue weighted by Crippen LogP contribution is -2.52. The van der Waals surface area contributed by atoms with Gasteiger partial charge in [0.05, 0.1) is 11.8 Å². The Morgan fingerprint density at radius 2 is 1.79 bits per heavy atom. The molecule has 1 amide bonds. The summed E-state index contributed by atoms with van der Waals surface area (Å²) < 4.78 is 31.6. The monoisotopic (exact) mass is 413 g/mol. The van der Waals surface area contributed by atoms with Crippen molar-refractivity contribution < 1.29 is 22.7 Å². The first-order valence-corrected chi connectivity index (χ1v) is 12.1. The minimum absolute atomic E-state index is 0.0638. The molecule has 2 bridgehead atoms. The summed E-state index contributed by atoms with van der Waals surface area (Å²) in [5.41, 5.74) is -1.05. The van der Waals surface area contributed by atoms with Crippen LogP contribution in [-0.4, -0.2) is 42.9 Å². The maximum absolute atomic E-state index is 13.5. The molecular formula is C21H35NO5S. The number of Topliss-reactive ketones (excluding diaryl/α,β-unsaturated/α-hetero) is 1. The zero-order chi connectivity index (χ0) is 21.3. The Hall–Kier alpha value is -1.11. The summed E-state index contributed by atoms with van der Waals surface area (Å²) in [5.74, 6) is -0.161. The van der Waals surface area contributed by atoms with Crippen molar-refractivity contribution in [1.29, 1.82) is 0 Å². The zero-order valence-electron chi connectivity index (χ0n) is 18.2. The van der Waals surface area contributed by atoms with Gasteiger partial charge in [-0.2, -0.15) is 0 Å². The first-order valence-electron chi connectivity index (χ1n) is 10.4. The number of ether oxygens (including phenoxy) is 1. The molecule has 160 valence electrons. The van der Waals surface area contributed by atoms with Crippen LogP contribution in [0.2, 0.25) is 0 Å². The van der Waals surface area contributed by atoms with Gasteiger partial charge in [-0.25, -0.2) is 13.2 Å². The van der Waals surface area contributed by atoms with Crippen molar-refractivity contribution in [2.75, 3.05) is 5.75 Å². The van der Waals surface area contributed by atoms with Crippen molar-refractivity contribution >= 4 is 21.7 Å². The van der Waals surface area contributed by atoms with Crippen molar-refractivity contribution in [1.82, 2.24) is 5.32 Å². The summed E-state index contributed by atoms with van der Waals surface area (Å²) in [4.78, 5) is 25.8. The second-order valence-corrected chi connectivity index (χ2v) is 13.1. The maximum Gasteiger partial charge on any atom is 0.408 e. The van der Waals surface area contributed by atoms with Crippen LogP contribution in [0.3, 0.4) is 0 Å². The van der Waals surface area contributed by atoms with Gasteiger partial charge in [-0.3, -0.25) is 4.79 Å². The van der Waals surface area contributed by atoms with Gasteiger partial charge in [-0.1, -0.05) is 27.7 Å². The van der Waals surface area contributed by atoms with E-state index in [1.807, 2.05) is 13.8 Å². The highest BCUT2D eigenvalue weighted by molar-refractivity contribution is 7.93. The smallest absolute Gasteiger partial charge is 0.408 e. The normalized spacial score (nSPS) is 36.2. The molecule has 3 aliphatic rings. The van der Waals surface area contributed by atoms with Crippen LogP contribution < -0.4 is 5.32 Å². The number of nitrogens with one attached hydrogen (secondary N) is 1. The van der Waals surface area contributed by atoms with E-state index >= 15 is 0 Å². The number of sulfone groups is 1. The Morgan fingerprint density at radius 3 is 2.29 bits per heavy atom. The van der Waals surface area contributed by atoms with Crippen molar-refractivity contribution in [3.05, 3.63) is 0 Å². The average Bonchev–Trinajstić information content (AvgIpc) is 2.97. The van der Waals surface area contributed by atoms with Gasteiger partial charge >= 0.3 is 6.09 Å². The standard InChI is InChI=1S/C21H35NO5S/c1-12(2)15(22-18(24)27-19(3,4)5)16(23)17-14-10-13-8-9-21(14,20(13,6)7)11-28(17,25)26/h12-15,17H,8-11H2,1-7H3,(H,22,24)/t13-,14+,15+,17-,21-/m1/s1. The number of hydrogen-bond donors (Lipinski definition) is 1. The summed E-state index contributed by atoms with van der Waals surface area (Å²) in [5, 5.41) is 1.64. The Morgan fingerprint density at radius 1 is 1.18 bits per heavy atom. The lowest BCUT2D eigenvalue weighted by molar-refractivity contribution is -0.123. The number of carbonyl (C=O) groups excluding carboxylic acids is 2. The molecule has 2 aliphatic carbocycles. The Kier molecular flexibility index (Phi) is 4.97. The average molecular weight is 414 g/mol. The molecule has 0 aromatic rings. The predicted octanol–water partition coefficient (Wildman–Crippen LogP) is 3.34. The van der Waals surface area contributed by atoms with Crippen LogP contribution in [0.5, 0.6) is 0 Å². The third-order valence-electron chi connectivity index (χ3n) is 7.63. The molecule has 0 unspecified atom stereocenters. The molecule has 0 radical (unpaired) electrons. The highest BCUT2D eigenvalue weighted by atomic mass is 32.2.